The zero-order valence-corrected chi connectivity index (χ0v) is 9.62. The Bertz CT molecular complexity index is 373. The Morgan fingerprint density at radius 1 is 1.25 bits per heavy atom. The topological polar surface area (TPSA) is 50.7 Å². The Balaban J connectivity index is 2.39. The van der Waals surface area contributed by atoms with E-state index in [0.717, 1.165) is 30.8 Å². The second-order valence-electron chi connectivity index (χ2n) is 3.96. The fourth-order valence-corrected chi connectivity index (χ4v) is 2.15. The SMILES string of the molecule is COc1cc(OC)c(C2CCNC2)cc1O. The third-order valence-electron chi connectivity index (χ3n) is 3.03. The molecular formula is C12H17NO3. The Morgan fingerprint density at radius 2 is 2.00 bits per heavy atom. The maximum atomic E-state index is 9.77. The Kier molecular flexibility index (Phi) is 3.19. The summed E-state index contributed by atoms with van der Waals surface area (Å²) >= 11 is 0. The van der Waals surface area contributed by atoms with Gasteiger partial charge in [0.15, 0.2) is 11.5 Å². The number of phenolic OH excluding ortho intramolecular Hbond substituents is 1. The second kappa shape index (κ2) is 4.61. The van der Waals surface area contributed by atoms with Crippen molar-refractivity contribution in [3.63, 3.8) is 0 Å². The number of hydrogen-bond acceptors (Lipinski definition) is 4. The minimum atomic E-state index is 0.171. The van der Waals surface area contributed by atoms with E-state index < -0.39 is 0 Å². The third kappa shape index (κ3) is 1.93. The summed E-state index contributed by atoms with van der Waals surface area (Å²) in [5.74, 6) is 1.81. The fraction of sp³-hybridized carbons (Fsp3) is 0.500. The summed E-state index contributed by atoms with van der Waals surface area (Å²) in [6, 6.07) is 3.48. The van der Waals surface area contributed by atoms with Crippen molar-refractivity contribution in [2.24, 2.45) is 0 Å². The molecule has 2 N–H and O–H groups in total. The molecule has 1 aromatic rings. The molecule has 0 bridgehead atoms. The Morgan fingerprint density at radius 3 is 2.56 bits per heavy atom. The van der Waals surface area contributed by atoms with E-state index in [2.05, 4.69) is 5.32 Å². The van der Waals surface area contributed by atoms with E-state index in [-0.39, 0.29) is 5.75 Å². The van der Waals surface area contributed by atoms with Crippen LogP contribution in [0.3, 0.4) is 0 Å². The predicted octanol–water partition coefficient (Wildman–Crippen LogP) is 1.49. The van der Waals surface area contributed by atoms with E-state index in [4.69, 9.17) is 9.47 Å². The van der Waals surface area contributed by atoms with Crippen molar-refractivity contribution < 1.29 is 14.6 Å². The van der Waals surface area contributed by atoms with Crippen LogP contribution in [0.4, 0.5) is 0 Å². The first-order valence-corrected chi connectivity index (χ1v) is 5.42. The average molecular weight is 223 g/mol. The summed E-state index contributed by atoms with van der Waals surface area (Å²) in [6.07, 6.45) is 1.07. The molecule has 1 fully saturated rings. The number of aromatic hydroxyl groups is 1. The van der Waals surface area contributed by atoms with E-state index in [1.807, 2.05) is 0 Å². The maximum absolute atomic E-state index is 9.77. The van der Waals surface area contributed by atoms with Gasteiger partial charge in [-0.25, -0.2) is 0 Å². The van der Waals surface area contributed by atoms with Gasteiger partial charge < -0.3 is 19.9 Å². The van der Waals surface area contributed by atoms with Crippen LogP contribution in [0, 0.1) is 0 Å². The molecule has 0 aliphatic carbocycles. The molecule has 0 spiro atoms. The molecule has 88 valence electrons. The van der Waals surface area contributed by atoms with Crippen LogP contribution in [-0.4, -0.2) is 32.4 Å². The standard InChI is InChI=1S/C12H17NO3/c1-15-11-6-12(16-2)10(14)5-9(11)8-3-4-13-7-8/h5-6,8,13-14H,3-4,7H2,1-2H3. The lowest BCUT2D eigenvalue weighted by molar-refractivity contribution is 0.361. The second-order valence-corrected chi connectivity index (χ2v) is 3.96. The fourth-order valence-electron chi connectivity index (χ4n) is 2.15. The first kappa shape index (κ1) is 11.1. The predicted molar refractivity (Wildman–Crippen MR) is 61.4 cm³/mol. The lowest BCUT2D eigenvalue weighted by Crippen LogP contribution is -2.08. The van der Waals surface area contributed by atoms with Gasteiger partial charge in [0, 0.05) is 24.1 Å². The normalized spacial score (nSPS) is 19.8. The minimum absolute atomic E-state index is 0.171. The molecule has 1 saturated heterocycles. The number of benzene rings is 1. The van der Waals surface area contributed by atoms with Crippen molar-refractivity contribution in [1.82, 2.24) is 5.32 Å². The van der Waals surface area contributed by atoms with Crippen LogP contribution in [0.1, 0.15) is 17.9 Å². The molecule has 1 heterocycles. The van der Waals surface area contributed by atoms with E-state index in [9.17, 15) is 5.11 Å². The van der Waals surface area contributed by atoms with Crippen LogP contribution in [0.5, 0.6) is 17.2 Å². The van der Waals surface area contributed by atoms with Crippen LogP contribution in [-0.2, 0) is 0 Å². The van der Waals surface area contributed by atoms with E-state index in [1.54, 1.807) is 19.2 Å². The van der Waals surface area contributed by atoms with Gasteiger partial charge in [-0.2, -0.15) is 0 Å². The van der Waals surface area contributed by atoms with Crippen molar-refractivity contribution >= 4 is 0 Å². The first-order valence-electron chi connectivity index (χ1n) is 5.42. The highest BCUT2D eigenvalue weighted by molar-refractivity contribution is 5.51. The molecule has 16 heavy (non-hydrogen) atoms. The molecule has 4 heteroatoms. The van der Waals surface area contributed by atoms with Crippen LogP contribution in [0.25, 0.3) is 0 Å². The number of hydrogen-bond donors (Lipinski definition) is 2. The highest BCUT2D eigenvalue weighted by Gasteiger charge is 2.22. The number of ether oxygens (including phenoxy) is 2. The Labute approximate surface area is 95.2 Å². The van der Waals surface area contributed by atoms with Crippen LogP contribution in [0.15, 0.2) is 12.1 Å². The van der Waals surface area contributed by atoms with E-state index >= 15 is 0 Å². The average Bonchev–Trinajstić information content (AvgIpc) is 2.82. The summed E-state index contributed by atoms with van der Waals surface area (Å²) in [6.45, 7) is 1.95. The maximum Gasteiger partial charge on any atom is 0.164 e. The van der Waals surface area contributed by atoms with Crippen LogP contribution >= 0.6 is 0 Å². The molecule has 4 nitrogen and oxygen atoms in total. The molecular weight excluding hydrogens is 206 g/mol. The zero-order chi connectivity index (χ0) is 11.5. The van der Waals surface area contributed by atoms with Crippen molar-refractivity contribution in [1.29, 1.82) is 0 Å². The van der Waals surface area contributed by atoms with Crippen molar-refractivity contribution in [3.8, 4) is 17.2 Å². The van der Waals surface area contributed by atoms with Gasteiger partial charge in [0.05, 0.1) is 14.2 Å². The van der Waals surface area contributed by atoms with Crippen molar-refractivity contribution in [2.75, 3.05) is 27.3 Å². The van der Waals surface area contributed by atoms with Crippen molar-refractivity contribution in [2.45, 2.75) is 12.3 Å². The number of phenols is 1. The molecule has 2 rings (SSSR count). The summed E-state index contributed by atoms with van der Waals surface area (Å²) < 4.78 is 10.4. The quantitative estimate of drug-likeness (QED) is 0.815. The molecule has 1 unspecified atom stereocenters. The van der Waals surface area contributed by atoms with Gasteiger partial charge in [-0.1, -0.05) is 0 Å². The highest BCUT2D eigenvalue weighted by Crippen LogP contribution is 2.39. The van der Waals surface area contributed by atoms with Gasteiger partial charge in [0.1, 0.15) is 5.75 Å². The highest BCUT2D eigenvalue weighted by atomic mass is 16.5. The molecule has 1 aromatic carbocycles. The first-order chi connectivity index (χ1) is 7.76. The number of methoxy groups -OCH3 is 2. The van der Waals surface area contributed by atoms with Crippen LogP contribution in [0.2, 0.25) is 0 Å². The number of nitrogens with one attached hydrogen (secondary N) is 1. The monoisotopic (exact) mass is 223 g/mol. The van der Waals surface area contributed by atoms with Gasteiger partial charge in [0.2, 0.25) is 0 Å². The smallest absolute Gasteiger partial charge is 0.164 e. The molecule has 0 amide bonds. The third-order valence-corrected chi connectivity index (χ3v) is 3.03. The summed E-state index contributed by atoms with van der Waals surface area (Å²) in [4.78, 5) is 0. The molecule has 0 saturated carbocycles. The minimum Gasteiger partial charge on any atom is -0.504 e. The molecule has 0 aromatic heterocycles. The lowest BCUT2D eigenvalue weighted by Gasteiger charge is -2.16. The van der Waals surface area contributed by atoms with Crippen molar-refractivity contribution in [3.05, 3.63) is 17.7 Å². The molecule has 1 aliphatic heterocycles. The van der Waals surface area contributed by atoms with Gasteiger partial charge in [0.25, 0.3) is 0 Å². The summed E-state index contributed by atoms with van der Waals surface area (Å²) in [7, 11) is 3.17. The lowest BCUT2D eigenvalue weighted by atomic mass is 9.97. The van der Waals surface area contributed by atoms with Gasteiger partial charge in [-0.15, -0.1) is 0 Å². The van der Waals surface area contributed by atoms with Gasteiger partial charge in [-0.05, 0) is 19.0 Å². The Hall–Kier alpha value is -1.42. The molecule has 1 aliphatic rings. The number of rotatable bonds is 3. The molecule has 0 radical (unpaired) electrons. The van der Waals surface area contributed by atoms with E-state index in [1.165, 1.54) is 7.11 Å². The summed E-state index contributed by atoms with van der Waals surface area (Å²) in [5.41, 5.74) is 1.05. The van der Waals surface area contributed by atoms with Gasteiger partial charge in [-0.3, -0.25) is 0 Å². The largest absolute Gasteiger partial charge is 0.504 e. The summed E-state index contributed by atoms with van der Waals surface area (Å²) in [5, 5.41) is 13.1. The van der Waals surface area contributed by atoms with Crippen LogP contribution < -0.4 is 14.8 Å². The molecule has 1 atom stereocenters. The van der Waals surface area contributed by atoms with Gasteiger partial charge >= 0.3 is 0 Å². The van der Waals surface area contributed by atoms with E-state index in [0.29, 0.717) is 11.7 Å². The zero-order valence-electron chi connectivity index (χ0n) is 9.62.